The second kappa shape index (κ2) is 5.08. The van der Waals surface area contributed by atoms with Gasteiger partial charge in [0, 0.05) is 5.41 Å². The molecule has 2 aromatic rings. The van der Waals surface area contributed by atoms with Crippen molar-refractivity contribution in [2.24, 2.45) is 5.92 Å². The number of benzene rings is 2. The molecule has 0 radical (unpaired) electrons. The van der Waals surface area contributed by atoms with Crippen molar-refractivity contribution >= 4 is 0 Å². The zero-order valence-corrected chi connectivity index (χ0v) is 12.1. The van der Waals surface area contributed by atoms with Crippen molar-refractivity contribution in [3.8, 4) is 5.75 Å². The number of hydrogen-bond donors (Lipinski definition) is 1. The van der Waals surface area contributed by atoms with Crippen LogP contribution in [0.1, 0.15) is 37.5 Å². The quantitative estimate of drug-likeness (QED) is 0.844. The maximum atomic E-state index is 9.47. The van der Waals surface area contributed by atoms with Crippen LogP contribution >= 0.6 is 0 Å². The first-order valence-electron chi connectivity index (χ1n) is 6.81. The molecule has 100 valence electrons. The molecule has 0 fully saturated rings. The van der Waals surface area contributed by atoms with Gasteiger partial charge < -0.3 is 5.11 Å². The van der Waals surface area contributed by atoms with Crippen LogP contribution < -0.4 is 0 Å². The molecule has 0 heterocycles. The number of hydrogen-bond acceptors (Lipinski definition) is 1. The summed E-state index contributed by atoms with van der Waals surface area (Å²) in [7, 11) is 0. The summed E-state index contributed by atoms with van der Waals surface area (Å²) in [4.78, 5) is 0. The van der Waals surface area contributed by atoms with Crippen LogP contribution in [0.5, 0.6) is 5.75 Å². The van der Waals surface area contributed by atoms with E-state index >= 15 is 0 Å². The molecule has 1 atom stereocenters. The number of aromatic hydroxyl groups is 1. The third-order valence-electron chi connectivity index (χ3n) is 4.27. The monoisotopic (exact) mass is 254 g/mol. The molecule has 0 aliphatic heterocycles. The van der Waals surface area contributed by atoms with Crippen molar-refractivity contribution in [2.45, 2.75) is 33.1 Å². The van der Waals surface area contributed by atoms with Gasteiger partial charge >= 0.3 is 0 Å². The van der Waals surface area contributed by atoms with Gasteiger partial charge in [-0.1, -0.05) is 62.7 Å². The Bertz CT molecular complexity index is 489. The molecular weight excluding hydrogens is 232 g/mol. The predicted octanol–water partition coefficient (Wildman–Crippen LogP) is 4.66. The van der Waals surface area contributed by atoms with E-state index in [2.05, 4.69) is 52.0 Å². The molecule has 19 heavy (non-hydrogen) atoms. The first kappa shape index (κ1) is 13.7. The molecule has 1 N–H and O–H groups in total. The van der Waals surface area contributed by atoms with Crippen molar-refractivity contribution in [3.63, 3.8) is 0 Å². The first-order valence-corrected chi connectivity index (χ1v) is 6.81. The Balaban J connectivity index is 2.54. The standard InChI is InChI=1S/C18H22O/c1-13(2)18(4,15-7-5-14(3)6-8-15)16-9-11-17(19)12-10-16/h5-13,19H,1-4H3. The summed E-state index contributed by atoms with van der Waals surface area (Å²) in [6.07, 6.45) is 0. The summed E-state index contributed by atoms with van der Waals surface area (Å²) >= 11 is 0. The van der Waals surface area contributed by atoms with Gasteiger partial charge in [-0.25, -0.2) is 0 Å². The Labute approximate surface area is 115 Å². The van der Waals surface area contributed by atoms with Gasteiger partial charge in [0.15, 0.2) is 0 Å². The van der Waals surface area contributed by atoms with E-state index in [1.54, 1.807) is 12.1 Å². The van der Waals surface area contributed by atoms with Crippen LogP contribution in [0, 0.1) is 12.8 Å². The molecule has 0 saturated carbocycles. The van der Waals surface area contributed by atoms with E-state index < -0.39 is 0 Å². The smallest absolute Gasteiger partial charge is 0.115 e. The summed E-state index contributed by atoms with van der Waals surface area (Å²) in [5.74, 6) is 0.790. The van der Waals surface area contributed by atoms with Gasteiger partial charge in [0.25, 0.3) is 0 Å². The lowest BCUT2D eigenvalue weighted by Gasteiger charge is -2.35. The molecule has 2 rings (SSSR count). The highest BCUT2D eigenvalue weighted by Gasteiger charge is 2.32. The van der Waals surface area contributed by atoms with Crippen molar-refractivity contribution in [1.29, 1.82) is 0 Å². The lowest BCUT2D eigenvalue weighted by Crippen LogP contribution is -2.30. The van der Waals surface area contributed by atoms with Crippen molar-refractivity contribution in [2.75, 3.05) is 0 Å². The van der Waals surface area contributed by atoms with Gasteiger partial charge in [0.1, 0.15) is 5.75 Å². The van der Waals surface area contributed by atoms with E-state index in [0.717, 1.165) is 0 Å². The summed E-state index contributed by atoms with van der Waals surface area (Å²) in [6, 6.07) is 16.3. The maximum Gasteiger partial charge on any atom is 0.115 e. The highest BCUT2D eigenvalue weighted by molar-refractivity contribution is 5.41. The topological polar surface area (TPSA) is 20.2 Å². The molecular formula is C18H22O. The van der Waals surface area contributed by atoms with Gasteiger partial charge in [0.2, 0.25) is 0 Å². The molecule has 1 unspecified atom stereocenters. The van der Waals surface area contributed by atoms with Crippen LogP contribution in [0.15, 0.2) is 48.5 Å². The maximum absolute atomic E-state index is 9.47. The van der Waals surface area contributed by atoms with Gasteiger partial charge in [-0.05, 0) is 36.1 Å². The molecule has 2 aromatic carbocycles. The minimum Gasteiger partial charge on any atom is -0.508 e. The van der Waals surface area contributed by atoms with Crippen molar-refractivity contribution < 1.29 is 5.11 Å². The van der Waals surface area contributed by atoms with Crippen LogP contribution in [0.25, 0.3) is 0 Å². The predicted molar refractivity (Wildman–Crippen MR) is 80.6 cm³/mol. The fourth-order valence-electron chi connectivity index (χ4n) is 2.54. The molecule has 0 saturated heterocycles. The van der Waals surface area contributed by atoms with Crippen LogP contribution in [0.2, 0.25) is 0 Å². The van der Waals surface area contributed by atoms with Crippen LogP contribution in [0.4, 0.5) is 0 Å². The third kappa shape index (κ3) is 2.51. The molecule has 0 aliphatic rings. The van der Waals surface area contributed by atoms with Crippen LogP contribution in [0.3, 0.4) is 0 Å². The zero-order valence-electron chi connectivity index (χ0n) is 12.1. The highest BCUT2D eigenvalue weighted by atomic mass is 16.3. The molecule has 0 bridgehead atoms. The summed E-state index contributed by atoms with van der Waals surface area (Å²) in [6.45, 7) is 8.87. The first-order chi connectivity index (χ1) is 8.94. The second-order valence-electron chi connectivity index (χ2n) is 5.77. The Morgan fingerprint density at radius 3 is 1.68 bits per heavy atom. The highest BCUT2D eigenvalue weighted by Crippen LogP contribution is 2.39. The molecule has 0 aromatic heterocycles. The third-order valence-corrected chi connectivity index (χ3v) is 4.27. The lowest BCUT2D eigenvalue weighted by molar-refractivity contribution is 0.404. The van der Waals surface area contributed by atoms with E-state index in [9.17, 15) is 5.11 Å². The van der Waals surface area contributed by atoms with Gasteiger partial charge in [0.05, 0.1) is 0 Å². The van der Waals surface area contributed by atoms with Crippen LogP contribution in [-0.4, -0.2) is 5.11 Å². The normalized spacial score (nSPS) is 14.4. The SMILES string of the molecule is Cc1ccc(C(C)(c2ccc(O)cc2)C(C)C)cc1. The fraction of sp³-hybridized carbons (Fsp3) is 0.333. The molecule has 0 amide bonds. The molecule has 1 heteroatoms. The Hall–Kier alpha value is -1.76. The average molecular weight is 254 g/mol. The van der Waals surface area contributed by atoms with E-state index in [4.69, 9.17) is 0 Å². The van der Waals surface area contributed by atoms with E-state index in [0.29, 0.717) is 11.7 Å². The second-order valence-corrected chi connectivity index (χ2v) is 5.77. The van der Waals surface area contributed by atoms with Gasteiger partial charge in [-0.2, -0.15) is 0 Å². The van der Waals surface area contributed by atoms with Crippen molar-refractivity contribution in [1.82, 2.24) is 0 Å². The number of phenols is 1. The Morgan fingerprint density at radius 1 is 0.842 bits per heavy atom. The minimum absolute atomic E-state index is 0.0403. The Kier molecular flexibility index (Phi) is 3.66. The number of aryl methyl sites for hydroxylation is 1. The summed E-state index contributed by atoms with van der Waals surface area (Å²) < 4.78 is 0. The van der Waals surface area contributed by atoms with E-state index in [1.165, 1.54) is 16.7 Å². The number of phenolic OH excluding ortho intramolecular Hbond substituents is 1. The average Bonchev–Trinajstić information content (AvgIpc) is 2.39. The van der Waals surface area contributed by atoms with E-state index in [-0.39, 0.29) is 5.41 Å². The molecule has 0 aliphatic carbocycles. The number of rotatable bonds is 3. The summed E-state index contributed by atoms with van der Waals surface area (Å²) in [5.41, 5.74) is 3.80. The van der Waals surface area contributed by atoms with Gasteiger partial charge in [-0.15, -0.1) is 0 Å². The van der Waals surface area contributed by atoms with E-state index in [1.807, 2.05) is 12.1 Å². The van der Waals surface area contributed by atoms with Crippen LogP contribution in [-0.2, 0) is 5.41 Å². The molecule has 0 spiro atoms. The largest absolute Gasteiger partial charge is 0.508 e. The zero-order chi connectivity index (χ0) is 14.0. The Morgan fingerprint density at radius 2 is 1.26 bits per heavy atom. The lowest BCUT2D eigenvalue weighted by atomic mass is 9.68. The summed E-state index contributed by atoms with van der Waals surface area (Å²) in [5, 5.41) is 9.47. The van der Waals surface area contributed by atoms with Crippen molar-refractivity contribution in [3.05, 3.63) is 65.2 Å². The molecule has 1 nitrogen and oxygen atoms in total. The minimum atomic E-state index is -0.0403. The van der Waals surface area contributed by atoms with Gasteiger partial charge in [-0.3, -0.25) is 0 Å². The fourth-order valence-corrected chi connectivity index (χ4v) is 2.54.